The number of nitrogens with one attached hydrogen (secondary N) is 1. The zero-order chi connectivity index (χ0) is 15.6. The Morgan fingerprint density at radius 3 is 2.38 bits per heavy atom. The maximum Gasteiger partial charge on any atom is 0.281 e. The maximum atomic E-state index is 12.2. The molecule has 1 aromatic rings. The van der Waals surface area contributed by atoms with Crippen molar-refractivity contribution in [1.29, 1.82) is 0 Å². The Morgan fingerprint density at radius 2 is 1.86 bits per heavy atom. The minimum absolute atomic E-state index is 0.0708. The van der Waals surface area contributed by atoms with Crippen LogP contribution in [0, 0.1) is 0 Å². The summed E-state index contributed by atoms with van der Waals surface area (Å²) in [6.07, 6.45) is 2.83. The van der Waals surface area contributed by atoms with Gasteiger partial charge >= 0.3 is 0 Å². The van der Waals surface area contributed by atoms with Crippen LogP contribution in [-0.2, 0) is 10.2 Å². The number of carbonyl (C=O) groups excluding carboxylic acids is 1. The van der Waals surface area contributed by atoms with Crippen LogP contribution in [0.15, 0.2) is 23.3 Å². The second-order valence-electron chi connectivity index (χ2n) is 4.90. The first kappa shape index (κ1) is 15.7. The van der Waals surface area contributed by atoms with Crippen LogP contribution in [-0.4, -0.2) is 73.1 Å². The van der Waals surface area contributed by atoms with E-state index in [4.69, 9.17) is 0 Å². The molecule has 21 heavy (non-hydrogen) atoms. The van der Waals surface area contributed by atoms with Crippen molar-refractivity contribution in [3.63, 3.8) is 0 Å². The Bertz CT molecular complexity index is 674. The van der Waals surface area contributed by atoms with Crippen LogP contribution in [0.1, 0.15) is 10.4 Å². The Balaban J connectivity index is 2.07. The van der Waals surface area contributed by atoms with Crippen LogP contribution >= 0.6 is 0 Å². The third-order valence-corrected chi connectivity index (χ3v) is 5.31. The Labute approximate surface area is 123 Å². The summed E-state index contributed by atoms with van der Waals surface area (Å²) in [7, 11) is -0.524. The second kappa shape index (κ2) is 5.96. The summed E-state index contributed by atoms with van der Waals surface area (Å²) in [4.78, 5) is 28.1. The van der Waals surface area contributed by atoms with Gasteiger partial charge in [-0.25, -0.2) is 0 Å². The molecule has 1 aliphatic heterocycles. The van der Waals surface area contributed by atoms with E-state index < -0.39 is 10.2 Å². The summed E-state index contributed by atoms with van der Waals surface area (Å²) in [5.41, 5.74) is -0.275. The molecule has 0 aliphatic carbocycles. The second-order valence-corrected chi connectivity index (χ2v) is 7.05. The highest BCUT2D eigenvalue weighted by Crippen LogP contribution is 2.11. The SMILES string of the molecule is CN(C)S(=O)(=O)N1CCN(C(=O)c2c[nH]ccc2=O)CC1. The molecule has 1 fully saturated rings. The minimum Gasteiger partial charge on any atom is -0.367 e. The van der Waals surface area contributed by atoms with Crippen LogP contribution in [0.25, 0.3) is 0 Å². The van der Waals surface area contributed by atoms with Crippen molar-refractivity contribution in [3.8, 4) is 0 Å². The molecule has 9 heteroatoms. The van der Waals surface area contributed by atoms with Crippen molar-refractivity contribution in [2.45, 2.75) is 0 Å². The maximum absolute atomic E-state index is 12.2. The van der Waals surface area contributed by atoms with E-state index in [1.54, 1.807) is 0 Å². The van der Waals surface area contributed by atoms with Crippen LogP contribution in [0.4, 0.5) is 0 Å². The van der Waals surface area contributed by atoms with Crippen molar-refractivity contribution >= 4 is 16.1 Å². The highest BCUT2D eigenvalue weighted by molar-refractivity contribution is 7.86. The lowest BCUT2D eigenvalue weighted by atomic mass is 10.2. The van der Waals surface area contributed by atoms with E-state index in [1.165, 1.54) is 41.8 Å². The molecule has 0 radical (unpaired) electrons. The van der Waals surface area contributed by atoms with Crippen molar-refractivity contribution in [2.24, 2.45) is 0 Å². The number of amides is 1. The van der Waals surface area contributed by atoms with Gasteiger partial charge in [-0.3, -0.25) is 9.59 Å². The number of nitrogens with zero attached hydrogens (tertiary/aromatic N) is 3. The topological polar surface area (TPSA) is 93.8 Å². The first-order chi connectivity index (χ1) is 9.84. The summed E-state index contributed by atoms with van der Waals surface area (Å²) in [5.74, 6) is -0.376. The Hall–Kier alpha value is -1.71. The monoisotopic (exact) mass is 314 g/mol. The number of aromatic nitrogens is 1. The standard InChI is InChI=1S/C12H18N4O4S/c1-14(2)21(19,20)16-7-5-15(6-8-16)12(18)10-9-13-4-3-11(10)17/h3-4,9H,5-8H2,1-2H3,(H,13,17). The molecule has 8 nitrogen and oxygen atoms in total. The molecule has 0 atom stereocenters. The smallest absolute Gasteiger partial charge is 0.281 e. The van der Waals surface area contributed by atoms with Gasteiger partial charge < -0.3 is 9.88 Å². The van der Waals surface area contributed by atoms with Crippen LogP contribution in [0.3, 0.4) is 0 Å². The van der Waals surface area contributed by atoms with Crippen molar-refractivity contribution in [1.82, 2.24) is 18.5 Å². The van der Waals surface area contributed by atoms with Gasteiger partial charge in [0.25, 0.3) is 16.1 Å². The van der Waals surface area contributed by atoms with Crippen molar-refractivity contribution in [3.05, 3.63) is 34.2 Å². The summed E-state index contributed by atoms with van der Waals surface area (Å²) < 4.78 is 26.4. The van der Waals surface area contributed by atoms with E-state index in [0.29, 0.717) is 0 Å². The molecule has 0 unspecified atom stereocenters. The molecular weight excluding hydrogens is 296 g/mol. The molecule has 0 bridgehead atoms. The lowest BCUT2D eigenvalue weighted by molar-refractivity contribution is 0.0693. The molecule has 0 spiro atoms. The molecule has 2 rings (SSSR count). The predicted molar refractivity (Wildman–Crippen MR) is 77.1 cm³/mol. The molecule has 2 heterocycles. The van der Waals surface area contributed by atoms with Gasteiger partial charge in [-0.2, -0.15) is 17.0 Å². The molecule has 0 aromatic carbocycles. The van der Waals surface area contributed by atoms with Gasteiger partial charge in [0, 0.05) is 58.7 Å². The number of aromatic amines is 1. The van der Waals surface area contributed by atoms with E-state index in [9.17, 15) is 18.0 Å². The Kier molecular flexibility index (Phi) is 4.45. The third kappa shape index (κ3) is 3.14. The zero-order valence-electron chi connectivity index (χ0n) is 11.9. The quantitative estimate of drug-likeness (QED) is 0.769. The summed E-state index contributed by atoms with van der Waals surface area (Å²) in [6.45, 7) is 0.967. The number of hydrogen-bond acceptors (Lipinski definition) is 4. The van der Waals surface area contributed by atoms with Crippen LogP contribution in [0.5, 0.6) is 0 Å². The Morgan fingerprint density at radius 1 is 1.24 bits per heavy atom. The molecule has 116 valence electrons. The van der Waals surface area contributed by atoms with Gasteiger partial charge in [0.2, 0.25) is 0 Å². The third-order valence-electron chi connectivity index (χ3n) is 3.37. The molecule has 0 saturated carbocycles. The fraction of sp³-hybridized carbons (Fsp3) is 0.500. The van der Waals surface area contributed by atoms with E-state index in [-0.39, 0.29) is 43.1 Å². The largest absolute Gasteiger partial charge is 0.367 e. The van der Waals surface area contributed by atoms with E-state index in [1.807, 2.05) is 0 Å². The molecular formula is C12H18N4O4S. The van der Waals surface area contributed by atoms with Gasteiger partial charge in [-0.1, -0.05) is 0 Å². The van der Waals surface area contributed by atoms with Gasteiger partial charge in [-0.15, -0.1) is 0 Å². The van der Waals surface area contributed by atoms with E-state index in [2.05, 4.69) is 4.98 Å². The zero-order valence-corrected chi connectivity index (χ0v) is 12.8. The van der Waals surface area contributed by atoms with Crippen LogP contribution < -0.4 is 5.43 Å². The fourth-order valence-corrected chi connectivity index (χ4v) is 3.19. The lowest BCUT2D eigenvalue weighted by Gasteiger charge is -2.35. The molecule has 1 N–H and O–H groups in total. The highest BCUT2D eigenvalue weighted by atomic mass is 32.2. The lowest BCUT2D eigenvalue weighted by Crippen LogP contribution is -2.53. The fourth-order valence-electron chi connectivity index (χ4n) is 2.11. The molecule has 1 saturated heterocycles. The number of hydrogen-bond donors (Lipinski definition) is 1. The van der Waals surface area contributed by atoms with E-state index in [0.717, 1.165) is 4.31 Å². The number of H-pyrrole nitrogens is 1. The average Bonchev–Trinajstić information content (AvgIpc) is 2.47. The van der Waals surface area contributed by atoms with Gasteiger partial charge in [0.05, 0.1) is 0 Å². The van der Waals surface area contributed by atoms with Gasteiger partial charge in [0.15, 0.2) is 5.43 Å². The summed E-state index contributed by atoms with van der Waals surface area (Å²) in [6, 6.07) is 1.29. The first-order valence-corrected chi connectivity index (χ1v) is 7.87. The summed E-state index contributed by atoms with van der Waals surface area (Å²) >= 11 is 0. The van der Waals surface area contributed by atoms with Gasteiger partial charge in [0.1, 0.15) is 5.56 Å². The molecule has 1 aliphatic rings. The van der Waals surface area contributed by atoms with Crippen LogP contribution in [0.2, 0.25) is 0 Å². The van der Waals surface area contributed by atoms with Gasteiger partial charge in [-0.05, 0) is 0 Å². The highest BCUT2D eigenvalue weighted by Gasteiger charge is 2.30. The first-order valence-electron chi connectivity index (χ1n) is 6.48. The average molecular weight is 314 g/mol. The predicted octanol–water partition coefficient (Wildman–Crippen LogP) is -1.06. The summed E-state index contributed by atoms with van der Waals surface area (Å²) in [5, 5.41) is 0. The number of rotatable bonds is 3. The number of carbonyl (C=O) groups is 1. The normalized spacial score (nSPS) is 17.2. The molecule has 1 amide bonds. The number of piperazine rings is 1. The minimum atomic E-state index is -3.46. The van der Waals surface area contributed by atoms with Crippen molar-refractivity contribution in [2.75, 3.05) is 40.3 Å². The van der Waals surface area contributed by atoms with E-state index >= 15 is 0 Å². The number of pyridine rings is 1. The molecule has 1 aromatic heterocycles. The van der Waals surface area contributed by atoms with Crippen molar-refractivity contribution < 1.29 is 13.2 Å².